The van der Waals surface area contributed by atoms with Gasteiger partial charge in [0.15, 0.2) is 10.8 Å². The lowest BCUT2D eigenvalue weighted by atomic mass is 9.95. The van der Waals surface area contributed by atoms with E-state index >= 15 is 0 Å². The van der Waals surface area contributed by atoms with Crippen LogP contribution in [-0.4, -0.2) is 39.4 Å². The Hall–Kier alpha value is -2.28. The second-order valence-electron chi connectivity index (χ2n) is 7.39. The molecule has 148 valence electrons. The van der Waals surface area contributed by atoms with Gasteiger partial charge in [-0.3, -0.25) is 9.20 Å². The molecule has 1 saturated carbocycles. The zero-order chi connectivity index (χ0) is 19.5. The Kier molecular flexibility index (Phi) is 5.71. The number of ether oxygens (including phenoxy) is 1. The van der Waals surface area contributed by atoms with Crippen LogP contribution in [0.15, 0.2) is 29.4 Å². The van der Waals surface area contributed by atoms with Crippen molar-refractivity contribution < 1.29 is 9.53 Å². The van der Waals surface area contributed by atoms with Gasteiger partial charge in [0.25, 0.3) is 0 Å². The Morgan fingerprint density at radius 2 is 2.07 bits per heavy atom. The first-order chi connectivity index (χ1) is 13.7. The standard InChI is InChI=1S/C21H26N4O2S/c1-14-12-19-23-24-21(25(19)18-13-16(27-2)8-9-17(14)18)28-11-10-20(26)22-15-6-4-3-5-7-15/h8-9,12-13,15H,3-7,10-11H2,1-2H3,(H,22,26). The molecular weight excluding hydrogens is 372 g/mol. The molecule has 4 rings (SSSR count). The highest BCUT2D eigenvalue weighted by atomic mass is 32.2. The van der Waals surface area contributed by atoms with E-state index in [1.807, 2.05) is 18.2 Å². The van der Waals surface area contributed by atoms with Crippen molar-refractivity contribution in [3.63, 3.8) is 0 Å². The van der Waals surface area contributed by atoms with Crippen molar-refractivity contribution in [1.29, 1.82) is 0 Å². The van der Waals surface area contributed by atoms with Crippen molar-refractivity contribution in [2.24, 2.45) is 0 Å². The average molecular weight is 399 g/mol. The molecule has 0 saturated heterocycles. The Labute approximate surface area is 169 Å². The summed E-state index contributed by atoms with van der Waals surface area (Å²) in [6.45, 7) is 2.08. The van der Waals surface area contributed by atoms with Crippen molar-refractivity contribution >= 4 is 34.2 Å². The van der Waals surface area contributed by atoms with Gasteiger partial charge in [-0.15, -0.1) is 10.2 Å². The van der Waals surface area contributed by atoms with Gasteiger partial charge in [-0.1, -0.05) is 31.0 Å². The van der Waals surface area contributed by atoms with Crippen LogP contribution in [0.3, 0.4) is 0 Å². The number of nitrogens with zero attached hydrogens (tertiary/aromatic N) is 3. The van der Waals surface area contributed by atoms with Gasteiger partial charge in [-0.05, 0) is 43.5 Å². The summed E-state index contributed by atoms with van der Waals surface area (Å²) in [5.74, 6) is 1.62. The predicted octanol–water partition coefficient (Wildman–Crippen LogP) is 4.13. The summed E-state index contributed by atoms with van der Waals surface area (Å²) < 4.78 is 7.45. The smallest absolute Gasteiger partial charge is 0.221 e. The van der Waals surface area contributed by atoms with E-state index in [0.29, 0.717) is 18.2 Å². The number of carbonyl (C=O) groups is 1. The lowest BCUT2D eigenvalue weighted by molar-refractivity contribution is -0.121. The van der Waals surface area contributed by atoms with Gasteiger partial charge in [-0.25, -0.2) is 0 Å². The number of hydrogen-bond acceptors (Lipinski definition) is 5. The number of methoxy groups -OCH3 is 1. The van der Waals surface area contributed by atoms with E-state index in [0.717, 1.165) is 45.9 Å². The maximum Gasteiger partial charge on any atom is 0.221 e. The molecule has 0 spiro atoms. The number of fused-ring (bicyclic) bond motifs is 3. The second-order valence-corrected chi connectivity index (χ2v) is 8.45. The third kappa shape index (κ3) is 3.94. The first-order valence-electron chi connectivity index (χ1n) is 9.90. The minimum Gasteiger partial charge on any atom is -0.497 e. The Bertz CT molecular complexity index is 995. The van der Waals surface area contributed by atoms with E-state index in [4.69, 9.17) is 4.74 Å². The molecule has 0 radical (unpaired) electrons. The number of rotatable bonds is 6. The molecule has 3 aromatic rings. The van der Waals surface area contributed by atoms with E-state index in [1.165, 1.54) is 19.3 Å². The normalized spacial score (nSPS) is 15.2. The molecule has 1 aliphatic rings. The van der Waals surface area contributed by atoms with Crippen LogP contribution in [0.1, 0.15) is 44.1 Å². The Morgan fingerprint density at radius 1 is 1.25 bits per heavy atom. The van der Waals surface area contributed by atoms with Gasteiger partial charge in [-0.2, -0.15) is 0 Å². The summed E-state index contributed by atoms with van der Waals surface area (Å²) in [6.07, 6.45) is 6.45. The summed E-state index contributed by atoms with van der Waals surface area (Å²) in [5.41, 5.74) is 2.99. The number of hydrogen-bond donors (Lipinski definition) is 1. The molecule has 0 bridgehead atoms. The monoisotopic (exact) mass is 398 g/mol. The first kappa shape index (κ1) is 19.1. The average Bonchev–Trinajstić information content (AvgIpc) is 3.11. The quantitative estimate of drug-likeness (QED) is 0.632. The molecule has 1 fully saturated rings. The van der Waals surface area contributed by atoms with Crippen LogP contribution in [0.5, 0.6) is 5.75 Å². The molecule has 7 heteroatoms. The molecule has 0 unspecified atom stereocenters. The Morgan fingerprint density at radius 3 is 2.86 bits per heavy atom. The molecule has 0 aliphatic heterocycles. The minimum atomic E-state index is 0.135. The van der Waals surface area contributed by atoms with E-state index in [9.17, 15) is 4.79 Å². The SMILES string of the molecule is COc1ccc2c(C)cc3nnc(SCCC(=O)NC4CCCCC4)n3c2c1. The number of aromatic nitrogens is 3. The lowest BCUT2D eigenvalue weighted by Gasteiger charge is -2.22. The number of benzene rings is 1. The fourth-order valence-corrected chi connectivity index (χ4v) is 4.79. The zero-order valence-electron chi connectivity index (χ0n) is 16.4. The van der Waals surface area contributed by atoms with Crippen molar-refractivity contribution in [3.8, 4) is 5.75 Å². The highest BCUT2D eigenvalue weighted by molar-refractivity contribution is 7.99. The van der Waals surface area contributed by atoms with Crippen molar-refractivity contribution in [2.45, 2.75) is 56.6 Å². The van der Waals surface area contributed by atoms with Gasteiger partial charge in [0.05, 0.1) is 12.6 Å². The van der Waals surface area contributed by atoms with Gasteiger partial charge in [0.1, 0.15) is 5.75 Å². The zero-order valence-corrected chi connectivity index (χ0v) is 17.2. The van der Waals surface area contributed by atoms with Gasteiger partial charge >= 0.3 is 0 Å². The number of nitrogens with one attached hydrogen (secondary N) is 1. The van der Waals surface area contributed by atoms with Crippen molar-refractivity contribution in [1.82, 2.24) is 19.9 Å². The molecule has 1 aliphatic carbocycles. The van der Waals surface area contributed by atoms with Crippen LogP contribution in [-0.2, 0) is 4.79 Å². The van der Waals surface area contributed by atoms with Crippen molar-refractivity contribution in [3.05, 3.63) is 29.8 Å². The largest absolute Gasteiger partial charge is 0.497 e. The third-order valence-corrected chi connectivity index (χ3v) is 6.34. The van der Waals surface area contributed by atoms with Crippen LogP contribution in [0.4, 0.5) is 0 Å². The van der Waals surface area contributed by atoms with Gasteiger partial charge in [0, 0.05) is 29.7 Å². The molecule has 1 amide bonds. The fraction of sp³-hybridized carbons (Fsp3) is 0.476. The molecular formula is C21H26N4O2S. The van der Waals surface area contributed by atoms with Crippen LogP contribution >= 0.6 is 11.8 Å². The maximum atomic E-state index is 12.3. The number of thioether (sulfide) groups is 1. The van der Waals surface area contributed by atoms with Crippen LogP contribution in [0.25, 0.3) is 16.6 Å². The number of carbonyl (C=O) groups excluding carboxylic acids is 1. The maximum absolute atomic E-state index is 12.3. The molecule has 6 nitrogen and oxygen atoms in total. The van der Waals surface area contributed by atoms with Crippen LogP contribution in [0, 0.1) is 6.92 Å². The number of aryl methyl sites for hydroxylation is 1. The van der Waals surface area contributed by atoms with Crippen molar-refractivity contribution in [2.75, 3.05) is 12.9 Å². The summed E-state index contributed by atoms with van der Waals surface area (Å²) in [6, 6.07) is 8.45. The Balaban J connectivity index is 1.49. The van der Waals surface area contributed by atoms with Crippen LogP contribution < -0.4 is 10.1 Å². The van der Waals surface area contributed by atoms with E-state index in [-0.39, 0.29) is 5.91 Å². The highest BCUT2D eigenvalue weighted by Crippen LogP contribution is 2.28. The second kappa shape index (κ2) is 8.39. The topological polar surface area (TPSA) is 68.5 Å². The highest BCUT2D eigenvalue weighted by Gasteiger charge is 2.16. The number of pyridine rings is 1. The van der Waals surface area contributed by atoms with E-state index in [2.05, 4.69) is 32.9 Å². The molecule has 1 N–H and O–H groups in total. The predicted molar refractivity (Wildman–Crippen MR) is 112 cm³/mol. The lowest BCUT2D eigenvalue weighted by Crippen LogP contribution is -2.36. The van der Waals surface area contributed by atoms with Gasteiger partial charge in [0.2, 0.25) is 5.91 Å². The summed E-state index contributed by atoms with van der Waals surface area (Å²) in [4.78, 5) is 12.3. The van der Waals surface area contributed by atoms with Crippen LogP contribution in [0.2, 0.25) is 0 Å². The fourth-order valence-electron chi connectivity index (χ4n) is 3.90. The molecule has 0 atom stereocenters. The summed E-state index contributed by atoms with van der Waals surface area (Å²) in [7, 11) is 1.67. The molecule has 2 heterocycles. The third-order valence-electron chi connectivity index (χ3n) is 5.41. The molecule has 28 heavy (non-hydrogen) atoms. The molecule has 1 aromatic carbocycles. The minimum absolute atomic E-state index is 0.135. The summed E-state index contributed by atoms with van der Waals surface area (Å²) >= 11 is 1.57. The van der Waals surface area contributed by atoms with E-state index in [1.54, 1.807) is 18.9 Å². The summed E-state index contributed by atoms with van der Waals surface area (Å²) in [5, 5.41) is 13.8. The van der Waals surface area contributed by atoms with E-state index < -0.39 is 0 Å². The first-order valence-corrected chi connectivity index (χ1v) is 10.9. The molecule has 2 aromatic heterocycles. The van der Waals surface area contributed by atoms with Gasteiger partial charge < -0.3 is 10.1 Å². The number of amides is 1.